The molecule has 134 valence electrons. The molecular weight excluding hydrogens is 336 g/mol. The van der Waals surface area contributed by atoms with Gasteiger partial charge in [-0.3, -0.25) is 4.79 Å². The molecule has 0 aromatic heterocycles. The van der Waals surface area contributed by atoms with Gasteiger partial charge >= 0.3 is 0 Å². The molecule has 0 fully saturated rings. The molecule has 0 heterocycles. The van der Waals surface area contributed by atoms with E-state index in [1.54, 1.807) is 12.1 Å². The third-order valence-corrected chi connectivity index (χ3v) is 5.05. The Morgan fingerprint density at radius 1 is 1.12 bits per heavy atom. The number of carbonyl (C=O) groups is 1. The standard InChI is InChI=1S/C19H24N2O3S/c1-3-15-7-9-16(10-8-15)11-12-19(22)21-14(2)17-5-4-6-18(13-17)25(20,23)24/h4-10,13-14H,3,11-12H2,1-2H3,(H,21,22)(H2,20,23,24). The highest BCUT2D eigenvalue weighted by Gasteiger charge is 2.13. The number of primary sulfonamides is 1. The molecule has 1 atom stereocenters. The van der Waals surface area contributed by atoms with E-state index < -0.39 is 10.0 Å². The molecule has 25 heavy (non-hydrogen) atoms. The number of hydrogen-bond donors (Lipinski definition) is 2. The van der Waals surface area contributed by atoms with Crippen LogP contribution in [-0.4, -0.2) is 14.3 Å². The van der Waals surface area contributed by atoms with Crippen LogP contribution in [-0.2, 0) is 27.7 Å². The maximum atomic E-state index is 12.2. The average molecular weight is 360 g/mol. The van der Waals surface area contributed by atoms with Crippen LogP contribution in [0, 0.1) is 0 Å². The van der Waals surface area contributed by atoms with Crippen LogP contribution < -0.4 is 10.5 Å². The van der Waals surface area contributed by atoms with Crippen molar-refractivity contribution < 1.29 is 13.2 Å². The Morgan fingerprint density at radius 2 is 1.76 bits per heavy atom. The van der Waals surface area contributed by atoms with Crippen molar-refractivity contribution in [1.82, 2.24) is 5.32 Å². The van der Waals surface area contributed by atoms with Crippen molar-refractivity contribution in [3.05, 3.63) is 65.2 Å². The van der Waals surface area contributed by atoms with Gasteiger partial charge in [0.2, 0.25) is 15.9 Å². The van der Waals surface area contributed by atoms with E-state index in [0.29, 0.717) is 18.4 Å². The molecule has 3 N–H and O–H groups in total. The third kappa shape index (κ3) is 5.69. The van der Waals surface area contributed by atoms with Crippen LogP contribution in [0.3, 0.4) is 0 Å². The molecule has 2 aromatic carbocycles. The molecule has 2 aromatic rings. The molecule has 0 aliphatic carbocycles. The summed E-state index contributed by atoms with van der Waals surface area (Å²) in [6, 6.07) is 14.3. The Morgan fingerprint density at radius 3 is 2.36 bits per heavy atom. The lowest BCUT2D eigenvalue weighted by Gasteiger charge is -2.15. The van der Waals surface area contributed by atoms with Gasteiger partial charge in [-0.15, -0.1) is 0 Å². The van der Waals surface area contributed by atoms with Crippen LogP contribution >= 0.6 is 0 Å². The third-order valence-electron chi connectivity index (χ3n) is 4.14. The summed E-state index contributed by atoms with van der Waals surface area (Å²) >= 11 is 0. The first kappa shape index (κ1) is 19.1. The van der Waals surface area contributed by atoms with Crippen LogP contribution in [0.15, 0.2) is 53.4 Å². The quantitative estimate of drug-likeness (QED) is 0.795. The number of aryl methyl sites for hydroxylation is 2. The van der Waals surface area contributed by atoms with Crippen LogP contribution in [0.4, 0.5) is 0 Å². The van der Waals surface area contributed by atoms with Crippen molar-refractivity contribution in [2.75, 3.05) is 0 Å². The second kappa shape index (κ2) is 8.27. The van der Waals surface area contributed by atoms with Crippen LogP contribution in [0.2, 0.25) is 0 Å². The van der Waals surface area contributed by atoms with E-state index in [0.717, 1.165) is 12.0 Å². The summed E-state index contributed by atoms with van der Waals surface area (Å²) in [6.07, 6.45) is 2.04. The van der Waals surface area contributed by atoms with Gasteiger partial charge in [-0.25, -0.2) is 13.6 Å². The minimum absolute atomic E-state index is 0.0436. The molecule has 1 amide bonds. The number of amides is 1. The summed E-state index contributed by atoms with van der Waals surface area (Å²) in [6.45, 7) is 3.92. The Labute approximate surface area is 149 Å². The molecule has 6 heteroatoms. The molecule has 0 aliphatic rings. The summed E-state index contributed by atoms with van der Waals surface area (Å²) in [5.41, 5.74) is 3.10. The van der Waals surface area contributed by atoms with Gasteiger partial charge in [0.05, 0.1) is 10.9 Å². The highest BCUT2D eigenvalue weighted by atomic mass is 32.2. The first-order valence-corrected chi connectivity index (χ1v) is 9.84. The maximum Gasteiger partial charge on any atom is 0.238 e. The minimum atomic E-state index is -3.75. The lowest BCUT2D eigenvalue weighted by molar-refractivity contribution is -0.121. The average Bonchev–Trinajstić information content (AvgIpc) is 2.59. The first-order chi connectivity index (χ1) is 11.8. The highest BCUT2D eigenvalue weighted by molar-refractivity contribution is 7.89. The van der Waals surface area contributed by atoms with Gasteiger partial charge in [-0.2, -0.15) is 0 Å². The van der Waals surface area contributed by atoms with Crippen LogP contribution in [0.1, 0.15) is 43.0 Å². The molecule has 1 unspecified atom stereocenters. The Bertz CT molecular complexity index is 830. The molecule has 5 nitrogen and oxygen atoms in total. The van der Waals surface area contributed by atoms with E-state index in [1.807, 2.05) is 19.1 Å². The van der Waals surface area contributed by atoms with E-state index in [9.17, 15) is 13.2 Å². The molecule has 0 bridgehead atoms. The zero-order valence-corrected chi connectivity index (χ0v) is 15.3. The van der Waals surface area contributed by atoms with Crippen molar-refractivity contribution in [1.29, 1.82) is 0 Å². The Kier molecular flexibility index (Phi) is 6.33. The number of rotatable bonds is 7. The molecule has 0 spiro atoms. The number of nitrogens with two attached hydrogens (primary N) is 1. The predicted molar refractivity (Wildman–Crippen MR) is 98.5 cm³/mol. The van der Waals surface area contributed by atoms with Gasteiger partial charge in [0.15, 0.2) is 0 Å². The maximum absolute atomic E-state index is 12.2. The second-order valence-corrected chi connectivity index (χ2v) is 7.64. The normalized spacial score (nSPS) is 12.6. The Balaban J connectivity index is 1.93. The minimum Gasteiger partial charge on any atom is -0.350 e. The molecule has 2 rings (SSSR count). The number of sulfonamides is 1. The SMILES string of the molecule is CCc1ccc(CCC(=O)NC(C)c2cccc(S(N)(=O)=O)c2)cc1. The van der Waals surface area contributed by atoms with E-state index >= 15 is 0 Å². The van der Waals surface area contributed by atoms with Gasteiger partial charge < -0.3 is 5.32 Å². The van der Waals surface area contributed by atoms with Crippen LogP contribution in [0.25, 0.3) is 0 Å². The number of nitrogens with one attached hydrogen (secondary N) is 1. The van der Waals surface area contributed by atoms with Crippen molar-refractivity contribution in [2.24, 2.45) is 5.14 Å². The summed E-state index contributed by atoms with van der Waals surface area (Å²) in [5.74, 6) is -0.0759. The molecule has 0 saturated carbocycles. The lowest BCUT2D eigenvalue weighted by Crippen LogP contribution is -2.27. The summed E-state index contributed by atoms with van der Waals surface area (Å²) in [5, 5.41) is 8.04. The fourth-order valence-electron chi connectivity index (χ4n) is 2.56. The van der Waals surface area contributed by atoms with Gasteiger partial charge in [0.25, 0.3) is 0 Å². The number of benzene rings is 2. The van der Waals surface area contributed by atoms with E-state index in [-0.39, 0.29) is 16.8 Å². The van der Waals surface area contributed by atoms with E-state index in [2.05, 4.69) is 24.4 Å². The monoisotopic (exact) mass is 360 g/mol. The number of carbonyl (C=O) groups excluding carboxylic acids is 1. The molecule has 0 radical (unpaired) electrons. The fourth-order valence-corrected chi connectivity index (χ4v) is 3.13. The lowest BCUT2D eigenvalue weighted by atomic mass is 10.1. The topological polar surface area (TPSA) is 89.3 Å². The fraction of sp³-hybridized carbons (Fsp3) is 0.316. The summed E-state index contributed by atoms with van der Waals surface area (Å²) in [7, 11) is -3.75. The Hall–Kier alpha value is -2.18. The van der Waals surface area contributed by atoms with Gasteiger partial charge in [0, 0.05) is 6.42 Å². The molecule has 0 saturated heterocycles. The van der Waals surface area contributed by atoms with Crippen molar-refractivity contribution in [2.45, 2.75) is 44.0 Å². The first-order valence-electron chi connectivity index (χ1n) is 8.29. The summed E-state index contributed by atoms with van der Waals surface area (Å²) in [4.78, 5) is 12.2. The van der Waals surface area contributed by atoms with Crippen LogP contribution in [0.5, 0.6) is 0 Å². The highest BCUT2D eigenvalue weighted by Crippen LogP contribution is 2.17. The zero-order valence-electron chi connectivity index (χ0n) is 14.5. The smallest absolute Gasteiger partial charge is 0.238 e. The number of hydrogen-bond acceptors (Lipinski definition) is 3. The van der Waals surface area contributed by atoms with Crippen molar-refractivity contribution >= 4 is 15.9 Å². The largest absolute Gasteiger partial charge is 0.350 e. The van der Waals surface area contributed by atoms with Gasteiger partial charge in [-0.1, -0.05) is 43.3 Å². The van der Waals surface area contributed by atoms with Gasteiger partial charge in [-0.05, 0) is 48.6 Å². The second-order valence-electron chi connectivity index (χ2n) is 6.08. The molecule has 0 aliphatic heterocycles. The van der Waals surface area contributed by atoms with E-state index in [4.69, 9.17) is 5.14 Å². The van der Waals surface area contributed by atoms with Gasteiger partial charge in [0.1, 0.15) is 0 Å². The summed E-state index contributed by atoms with van der Waals surface area (Å²) < 4.78 is 22.9. The molecular formula is C19H24N2O3S. The predicted octanol–water partition coefficient (Wildman–Crippen LogP) is 2.71. The van der Waals surface area contributed by atoms with Crippen molar-refractivity contribution in [3.8, 4) is 0 Å². The van der Waals surface area contributed by atoms with E-state index in [1.165, 1.54) is 17.7 Å². The van der Waals surface area contributed by atoms with Crippen molar-refractivity contribution in [3.63, 3.8) is 0 Å². The zero-order chi connectivity index (χ0) is 18.4.